The van der Waals surface area contributed by atoms with Crippen molar-refractivity contribution in [1.29, 1.82) is 5.26 Å². The van der Waals surface area contributed by atoms with Crippen molar-refractivity contribution in [3.05, 3.63) is 0 Å². The third-order valence-electron chi connectivity index (χ3n) is 8.94. The maximum Gasteiger partial charge on any atom is 0.224 e. The van der Waals surface area contributed by atoms with E-state index in [0.29, 0.717) is 51.2 Å². The van der Waals surface area contributed by atoms with E-state index in [1.165, 1.54) is 51.4 Å². The number of nitrogens with zero attached hydrogens (tertiary/aromatic N) is 3. The van der Waals surface area contributed by atoms with E-state index in [-0.39, 0.29) is 24.3 Å². The second-order valence-corrected chi connectivity index (χ2v) is 11.6. The minimum atomic E-state index is -0.842. The van der Waals surface area contributed by atoms with Gasteiger partial charge >= 0.3 is 0 Å². The maximum absolute atomic E-state index is 13.7. The van der Waals surface area contributed by atoms with E-state index in [1.54, 1.807) is 7.11 Å². The highest BCUT2D eigenvalue weighted by molar-refractivity contribution is 5.86. The predicted molar refractivity (Wildman–Crippen MR) is 137 cm³/mol. The van der Waals surface area contributed by atoms with Gasteiger partial charge in [0.25, 0.3) is 0 Å². The first kappa shape index (κ1) is 27.3. The second-order valence-electron chi connectivity index (χ2n) is 11.6. The Bertz CT molecular complexity index is 772. The molecule has 3 atom stereocenters. The van der Waals surface area contributed by atoms with E-state index in [4.69, 9.17) is 9.47 Å². The maximum atomic E-state index is 13.7. The number of hydrogen-bond acceptors (Lipinski definition) is 6. The van der Waals surface area contributed by atoms with E-state index in [0.717, 1.165) is 25.8 Å². The van der Waals surface area contributed by atoms with Crippen LogP contribution in [0, 0.1) is 23.2 Å². The van der Waals surface area contributed by atoms with Crippen molar-refractivity contribution in [2.45, 2.75) is 101 Å². The molecule has 8 nitrogen and oxygen atoms in total. The van der Waals surface area contributed by atoms with Gasteiger partial charge in [0.2, 0.25) is 11.8 Å². The van der Waals surface area contributed by atoms with E-state index < -0.39 is 11.5 Å². The molecule has 0 aromatic rings. The highest BCUT2D eigenvalue weighted by Gasteiger charge is 2.43. The van der Waals surface area contributed by atoms with E-state index >= 15 is 0 Å². The molecule has 1 N–H and O–H groups in total. The third-order valence-corrected chi connectivity index (χ3v) is 8.94. The van der Waals surface area contributed by atoms with Crippen molar-refractivity contribution in [2.75, 3.05) is 46.5 Å². The number of nitrogens with one attached hydrogen (secondary N) is 1. The molecule has 3 unspecified atom stereocenters. The Morgan fingerprint density at radius 3 is 2.53 bits per heavy atom. The van der Waals surface area contributed by atoms with Crippen molar-refractivity contribution in [3.63, 3.8) is 0 Å². The number of ether oxygens (including phenoxy) is 2. The number of morpholine rings is 1. The summed E-state index contributed by atoms with van der Waals surface area (Å²) in [5.74, 6) is -0.00820. The Hall–Kier alpha value is -1.69. The van der Waals surface area contributed by atoms with Gasteiger partial charge in [0.1, 0.15) is 5.54 Å². The first-order valence-corrected chi connectivity index (χ1v) is 14.4. The van der Waals surface area contributed by atoms with Crippen molar-refractivity contribution in [1.82, 2.24) is 15.1 Å². The summed E-state index contributed by atoms with van der Waals surface area (Å²) >= 11 is 0. The molecular weight excluding hydrogens is 456 g/mol. The molecule has 0 radical (unpaired) electrons. The van der Waals surface area contributed by atoms with Gasteiger partial charge in [0.05, 0.1) is 25.4 Å². The molecule has 0 bridgehead atoms. The lowest BCUT2D eigenvalue weighted by atomic mass is 9.81. The number of rotatable bonds is 9. The van der Waals surface area contributed by atoms with Crippen molar-refractivity contribution >= 4 is 11.8 Å². The van der Waals surface area contributed by atoms with Crippen LogP contribution in [0.5, 0.6) is 0 Å². The number of likely N-dealkylation sites (tertiary alicyclic amines) is 1. The van der Waals surface area contributed by atoms with Crippen LogP contribution in [0.3, 0.4) is 0 Å². The molecule has 4 rings (SSSR count). The van der Waals surface area contributed by atoms with Crippen LogP contribution in [0.2, 0.25) is 0 Å². The van der Waals surface area contributed by atoms with Gasteiger partial charge in [-0.1, -0.05) is 51.4 Å². The highest BCUT2D eigenvalue weighted by atomic mass is 16.5. The lowest BCUT2D eigenvalue weighted by Crippen LogP contribution is -2.53. The van der Waals surface area contributed by atoms with Gasteiger partial charge in [-0.05, 0) is 31.6 Å². The fourth-order valence-electron chi connectivity index (χ4n) is 6.84. The van der Waals surface area contributed by atoms with Gasteiger partial charge in [-0.15, -0.1) is 0 Å². The van der Waals surface area contributed by atoms with Crippen LogP contribution in [-0.2, 0) is 19.1 Å². The number of amides is 2. The molecule has 0 aromatic carbocycles. The fourth-order valence-corrected chi connectivity index (χ4v) is 6.84. The molecule has 2 aliphatic carbocycles. The molecule has 2 heterocycles. The SMILES string of the molecule is COCC1CN(C(=O)CC(CC2CCCCC2)C(=O)NC2(C#N)CCN(C3CCCCC3)C2)CCO1. The fraction of sp³-hybridized carbons (Fsp3) is 0.893. The Labute approximate surface area is 217 Å². The zero-order valence-electron chi connectivity index (χ0n) is 22.2. The van der Waals surface area contributed by atoms with Gasteiger partial charge in [0, 0.05) is 51.7 Å². The average molecular weight is 503 g/mol. The lowest BCUT2D eigenvalue weighted by molar-refractivity contribution is -0.144. The van der Waals surface area contributed by atoms with Gasteiger partial charge in [-0.2, -0.15) is 5.26 Å². The standard InChI is InChI=1S/C28H46N4O4/c1-35-19-25-18-31(14-15-36-25)26(33)17-23(16-22-8-4-2-5-9-22)27(34)30-28(20-29)12-13-32(21-28)24-10-6-3-7-11-24/h22-25H,2-19,21H2,1H3,(H,30,34). The monoisotopic (exact) mass is 502 g/mol. The van der Waals surface area contributed by atoms with Crippen LogP contribution < -0.4 is 5.32 Å². The van der Waals surface area contributed by atoms with Crippen LogP contribution in [0.15, 0.2) is 0 Å². The molecule has 2 amide bonds. The molecule has 4 aliphatic rings. The van der Waals surface area contributed by atoms with E-state index in [9.17, 15) is 14.9 Å². The third kappa shape index (κ3) is 7.20. The molecule has 0 aromatic heterocycles. The quantitative estimate of drug-likeness (QED) is 0.520. The molecule has 8 heteroatoms. The number of carbonyl (C=O) groups excluding carboxylic acids is 2. The number of nitriles is 1. The average Bonchev–Trinajstić information content (AvgIpc) is 3.34. The smallest absolute Gasteiger partial charge is 0.224 e. The zero-order chi connectivity index (χ0) is 25.4. The first-order chi connectivity index (χ1) is 17.5. The molecule has 36 heavy (non-hydrogen) atoms. The summed E-state index contributed by atoms with van der Waals surface area (Å²) in [6.45, 7) is 3.47. The van der Waals surface area contributed by atoms with Crippen LogP contribution in [0.4, 0.5) is 0 Å². The van der Waals surface area contributed by atoms with E-state index in [1.807, 2.05) is 4.90 Å². The summed E-state index contributed by atoms with van der Waals surface area (Å²) < 4.78 is 10.9. The van der Waals surface area contributed by atoms with Crippen molar-refractivity contribution in [2.24, 2.45) is 11.8 Å². The number of hydrogen-bond donors (Lipinski definition) is 1. The Morgan fingerprint density at radius 1 is 1.11 bits per heavy atom. The minimum absolute atomic E-state index is 0.0108. The lowest BCUT2D eigenvalue weighted by Gasteiger charge is -2.35. The highest BCUT2D eigenvalue weighted by Crippen LogP contribution is 2.33. The predicted octanol–water partition coefficient (Wildman–Crippen LogP) is 3.25. The Kier molecular flexibility index (Phi) is 10.0. The zero-order valence-corrected chi connectivity index (χ0v) is 22.2. The molecule has 0 spiro atoms. The minimum Gasteiger partial charge on any atom is -0.382 e. The van der Waals surface area contributed by atoms with Crippen LogP contribution in [0.1, 0.15) is 83.5 Å². The van der Waals surface area contributed by atoms with Crippen LogP contribution in [0.25, 0.3) is 0 Å². The molecule has 2 saturated heterocycles. The van der Waals surface area contributed by atoms with Gasteiger partial charge in [0.15, 0.2) is 0 Å². The molecule has 4 fully saturated rings. The molecular formula is C28H46N4O4. The van der Waals surface area contributed by atoms with Gasteiger partial charge in [-0.3, -0.25) is 14.5 Å². The summed E-state index contributed by atoms with van der Waals surface area (Å²) in [5.41, 5.74) is -0.842. The van der Waals surface area contributed by atoms with Crippen LogP contribution in [-0.4, -0.2) is 85.8 Å². The first-order valence-electron chi connectivity index (χ1n) is 14.4. The van der Waals surface area contributed by atoms with E-state index in [2.05, 4.69) is 16.3 Å². The summed E-state index contributed by atoms with van der Waals surface area (Å²) in [7, 11) is 1.64. The summed E-state index contributed by atoms with van der Waals surface area (Å²) in [4.78, 5) is 31.3. The summed E-state index contributed by atoms with van der Waals surface area (Å²) in [5, 5.41) is 13.3. The Morgan fingerprint density at radius 2 is 1.83 bits per heavy atom. The Balaban J connectivity index is 1.40. The topological polar surface area (TPSA) is 94.9 Å². The van der Waals surface area contributed by atoms with Gasteiger partial charge in [-0.25, -0.2) is 0 Å². The normalized spacial score (nSPS) is 29.6. The molecule has 2 aliphatic heterocycles. The largest absolute Gasteiger partial charge is 0.382 e. The summed E-state index contributed by atoms with van der Waals surface area (Å²) in [6, 6.07) is 3.01. The number of carbonyl (C=O) groups is 2. The van der Waals surface area contributed by atoms with Crippen molar-refractivity contribution < 1.29 is 19.1 Å². The summed E-state index contributed by atoms with van der Waals surface area (Å²) in [6.07, 6.45) is 13.6. The van der Waals surface area contributed by atoms with Gasteiger partial charge < -0.3 is 19.7 Å². The molecule has 202 valence electrons. The second kappa shape index (κ2) is 13.2. The van der Waals surface area contributed by atoms with Crippen molar-refractivity contribution in [3.8, 4) is 6.07 Å². The number of methoxy groups -OCH3 is 1. The molecule has 2 saturated carbocycles. The van der Waals surface area contributed by atoms with Crippen LogP contribution >= 0.6 is 0 Å².